The van der Waals surface area contributed by atoms with E-state index in [2.05, 4.69) is 10.3 Å². The standard InChI is InChI=1S/C15H18N4O2/c1-18-14(10-16-17-18)15(20)19-9-5-6-12(19)11-21-13-7-3-2-4-8-13/h2-4,7-8,10,12H,5-6,9,11H2,1H3/t12-/m0/s1. The molecule has 1 aliphatic heterocycles. The van der Waals surface area contributed by atoms with Crippen LogP contribution in [0.25, 0.3) is 0 Å². The van der Waals surface area contributed by atoms with Crippen molar-refractivity contribution in [2.75, 3.05) is 13.2 Å². The number of benzene rings is 1. The number of carbonyl (C=O) groups excluding carboxylic acids is 1. The van der Waals surface area contributed by atoms with Crippen molar-refractivity contribution in [3.8, 4) is 5.75 Å². The van der Waals surface area contributed by atoms with E-state index in [0.29, 0.717) is 12.3 Å². The molecule has 0 spiro atoms. The number of aryl methyl sites for hydroxylation is 1. The second-order valence-corrected chi connectivity index (χ2v) is 5.16. The molecule has 0 saturated carbocycles. The third-order valence-electron chi connectivity index (χ3n) is 3.76. The van der Waals surface area contributed by atoms with E-state index in [9.17, 15) is 4.79 Å². The average molecular weight is 286 g/mol. The van der Waals surface area contributed by atoms with Gasteiger partial charge in [-0.15, -0.1) is 5.10 Å². The van der Waals surface area contributed by atoms with Crippen LogP contribution in [0, 0.1) is 0 Å². The van der Waals surface area contributed by atoms with Gasteiger partial charge in [-0.25, -0.2) is 4.68 Å². The molecule has 0 aliphatic carbocycles. The van der Waals surface area contributed by atoms with Gasteiger partial charge in [-0.1, -0.05) is 23.4 Å². The predicted molar refractivity (Wildman–Crippen MR) is 77.0 cm³/mol. The molecule has 21 heavy (non-hydrogen) atoms. The van der Waals surface area contributed by atoms with Crippen LogP contribution in [0.5, 0.6) is 5.75 Å². The summed E-state index contributed by atoms with van der Waals surface area (Å²) in [4.78, 5) is 14.4. The average Bonchev–Trinajstić information content (AvgIpc) is 3.14. The largest absolute Gasteiger partial charge is 0.491 e. The minimum atomic E-state index is -0.0262. The fraction of sp³-hybridized carbons (Fsp3) is 0.400. The molecule has 0 radical (unpaired) electrons. The summed E-state index contributed by atoms with van der Waals surface area (Å²) in [6.45, 7) is 1.27. The van der Waals surface area contributed by atoms with E-state index in [4.69, 9.17) is 4.74 Å². The number of hydrogen-bond acceptors (Lipinski definition) is 4. The molecule has 1 atom stereocenters. The van der Waals surface area contributed by atoms with E-state index in [-0.39, 0.29) is 11.9 Å². The van der Waals surface area contributed by atoms with Gasteiger partial charge in [0.05, 0.1) is 12.2 Å². The zero-order valence-electron chi connectivity index (χ0n) is 12.0. The molecule has 0 unspecified atom stereocenters. The topological polar surface area (TPSA) is 60.2 Å². The summed E-state index contributed by atoms with van der Waals surface area (Å²) >= 11 is 0. The van der Waals surface area contributed by atoms with Crippen LogP contribution in [-0.4, -0.2) is 45.0 Å². The highest BCUT2D eigenvalue weighted by Gasteiger charge is 2.31. The number of rotatable bonds is 4. The van der Waals surface area contributed by atoms with Crippen LogP contribution in [0.15, 0.2) is 36.5 Å². The highest BCUT2D eigenvalue weighted by atomic mass is 16.5. The summed E-state index contributed by atoms with van der Waals surface area (Å²) in [6, 6.07) is 9.78. The Balaban J connectivity index is 1.65. The Bertz CT molecular complexity index is 611. The van der Waals surface area contributed by atoms with Gasteiger partial charge in [0.15, 0.2) is 0 Å². The molecule has 1 aromatic carbocycles. The Hall–Kier alpha value is -2.37. The molecule has 1 fully saturated rings. The second kappa shape index (κ2) is 5.95. The molecule has 1 aliphatic rings. The number of carbonyl (C=O) groups is 1. The van der Waals surface area contributed by atoms with Crippen LogP contribution in [0.2, 0.25) is 0 Å². The van der Waals surface area contributed by atoms with Gasteiger partial charge in [0, 0.05) is 13.6 Å². The number of likely N-dealkylation sites (tertiary alicyclic amines) is 1. The fourth-order valence-corrected chi connectivity index (χ4v) is 2.62. The third-order valence-corrected chi connectivity index (χ3v) is 3.76. The first-order valence-corrected chi connectivity index (χ1v) is 7.09. The van der Waals surface area contributed by atoms with E-state index in [0.717, 1.165) is 25.1 Å². The summed E-state index contributed by atoms with van der Waals surface area (Å²) in [5.74, 6) is 0.806. The van der Waals surface area contributed by atoms with Gasteiger partial charge in [0.2, 0.25) is 0 Å². The van der Waals surface area contributed by atoms with E-state index in [1.807, 2.05) is 35.2 Å². The Morgan fingerprint density at radius 2 is 2.19 bits per heavy atom. The summed E-state index contributed by atoms with van der Waals surface area (Å²) < 4.78 is 7.30. The molecule has 110 valence electrons. The first kappa shape index (κ1) is 13.6. The molecule has 0 bridgehead atoms. The minimum Gasteiger partial charge on any atom is -0.491 e. The fourth-order valence-electron chi connectivity index (χ4n) is 2.62. The van der Waals surface area contributed by atoms with Gasteiger partial charge in [0.1, 0.15) is 18.1 Å². The summed E-state index contributed by atoms with van der Waals surface area (Å²) in [5, 5.41) is 7.58. The number of nitrogens with zero attached hydrogens (tertiary/aromatic N) is 4. The first-order chi connectivity index (χ1) is 10.3. The lowest BCUT2D eigenvalue weighted by molar-refractivity contribution is 0.0680. The lowest BCUT2D eigenvalue weighted by Crippen LogP contribution is -2.39. The lowest BCUT2D eigenvalue weighted by atomic mass is 10.2. The number of amides is 1. The van der Waals surface area contributed by atoms with Gasteiger partial charge >= 0.3 is 0 Å². The first-order valence-electron chi connectivity index (χ1n) is 7.09. The van der Waals surface area contributed by atoms with Crippen LogP contribution in [-0.2, 0) is 7.05 Å². The van der Waals surface area contributed by atoms with E-state index in [1.54, 1.807) is 7.05 Å². The zero-order chi connectivity index (χ0) is 14.7. The Kier molecular flexibility index (Phi) is 3.85. The van der Waals surface area contributed by atoms with Crippen molar-refractivity contribution in [2.24, 2.45) is 7.05 Å². The number of ether oxygens (including phenoxy) is 1. The molecule has 0 N–H and O–H groups in total. The highest BCUT2D eigenvalue weighted by Crippen LogP contribution is 2.21. The maximum Gasteiger partial charge on any atom is 0.274 e. The van der Waals surface area contributed by atoms with Crippen LogP contribution in [0.3, 0.4) is 0 Å². The molecule has 1 aromatic heterocycles. The van der Waals surface area contributed by atoms with E-state index < -0.39 is 0 Å². The number of hydrogen-bond donors (Lipinski definition) is 0. The SMILES string of the molecule is Cn1nncc1C(=O)N1CCC[C@H]1COc1ccccc1. The van der Waals surface area contributed by atoms with Gasteiger partial charge < -0.3 is 9.64 Å². The van der Waals surface area contributed by atoms with Crippen LogP contribution < -0.4 is 4.74 Å². The zero-order valence-corrected chi connectivity index (χ0v) is 12.0. The molecule has 1 saturated heterocycles. The van der Waals surface area contributed by atoms with Crippen molar-refractivity contribution in [2.45, 2.75) is 18.9 Å². The Morgan fingerprint density at radius 1 is 1.38 bits per heavy atom. The quantitative estimate of drug-likeness (QED) is 0.854. The third kappa shape index (κ3) is 2.89. The van der Waals surface area contributed by atoms with Crippen molar-refractivity contribution >= 4 is 5.91 Å². The normalized spacial score (nSPS) is 18.0. The number of aromatic nitrogens is 3. The van der Waals surface area contributed by atoms with Crippen molar-refractivity contribution in [3.05, 3.63) is 42.2 Å². The van der Waals surface area contributed by atoms with E-state index >= 15 is 0 Å². The van der Waals surface area contributed by atoms with Crippen LogP contribution in [0.1, 0.15) is 23.3 Å². The molecule has 3 rings (SSSR count). The minimum absolute atomic E-state index is 0.0262. The van der Waals surface area contributed by atoms with E-state index in [1.165, 1.54) is 10.9 Å². The Morgan fingerprint density at radius 3 is 2.90 bits per heavy atom. The highest BCUT2D eigenvalue weighted by molar-refractivity contribution is 5.92. The molecule has 6 nitrogen and oxygen atoms in total. The molecule has 2 aromatic rings. The molecular weight excluding hydrogens is 268 g/mol. The van der Waals surface area contributed by atoms with Gasteiger partial charge in [-0.2, -0.15) is 0 Å². The van der Waals surface area contributed by atoms with Crippen LogP contribution >= 0.6 is 0 Å². The maximum atomic E-state index is 12.5. The predicted octanol–water partition coefficient (Wildman–Crippen LogP) is 1.50. The van der Waals surface area contributed by atoms with Crippen molar-refractivity contribution in [3.63, 3.8) is 0 Å². The number of para-hydroxylation sites is 1. The second-order valence-electron chi connectivity index (χ2n) is 5.16. The van der Waals surface area contributed by atoms with Crippen LogP contribution in [0.4, 0.5) is 0 Å². The van der Waals surface area contributed by atoms with Crippen molar-refractivity contribution in [1.29, 1.82) is 0 Å². The Labute approximate surface area is 123 Å². The van der Waals surface area contributed by atoms with Gasteiger partial charge in [-0.05, 0) is 25.0 Å². The molecule has 1 amide bonds. The molecule has 2 heterocycles. The monoisotopic (exact) mass is 286 g/mol. The smallest absolute Gasteiger partial charge is 0.274 e. The molecule has 6 heteroatoms. The summed E-state index contributed by atoms with van der Waals surface area (Å²) in [6.07, 6.45) is 3.47. The summed E-state index contributed by atoms with van der Waals surface area (Å²) in [5.41, 5.74) is 0.515. The maximum absolute atomic E-state index is 12.5. The van der Waals surface area contributed by atoms with Gasteiger partial charge in [0.25, 0.3) is 5.91 Å². The molecular formula is C15H18N4O2. The van der Waals surface area contributed by atoms with Gasteiger partial charge in [-0.3, -0.25) is 4.79 Å². The van der Waals surface area contributed by atoms with Crippen molar-refractivity contribution in [1.82, 2.24) is 19.9 Å². The lowest BCUT2D eigenvalue weighted by Gasteiger charge is -2.24. The summed E-state index contributed by atoms with van der Waals surface area (Å²) in [7, 11) is 1.73. The van der Waals surface area contributed by atoms with Crippen molar-refractivity contribution < 1.29 is 9.53 Å².